The first-order valence-corrected chi connectivity index (χ1v) is 16.1. The third kappa shape index (κ3) is 4.17. The molecule has 5 aliphatic rings. The fraction of sp³-hybridized carbons (Fsp3) is 0.743. The first-order valence-electron chi connectivity index (χ1n) is 16.1. The van der Waals surface area contributed by atoms with Gasteiger partial charge >= 0.3 is 6.03 Å². The Hall–Kier alpha value is -2.21. The molecule has 41 heavy (non-hydrogen) atoms. The van der Waals surface area contributed by atoms with Gasteiger partial charge in [0.05, 0.1) is 0 Å². The third-order valence-corrected chi connectivity index (χ3v) is 13.8. The maximum Gasteiger partial charge on any atom is 0.317 e. The number of phenols is 2. The molecule has 1 saturated heterocycles. The summed E-state index contributed by atoms with van der Waals surface area (Å²) in [4.78, 5) is 17.4. The minimum Gasteiger partial charge on any atom is -0.504 e. The van der Waals surface area contributed by atoms with Gasteiger partial charge in [-0.3, -0.25) is 0 Å². The quantitative estimate of drug-likeness (QED) is 0.351. The van der Waals surface area contributed by atoms with Crippen LogP contribution in [0.4, 0.5) is 4.79 Å². The van der Waals surface area contributed by atoms with Crippen molar-refractivity contribution in [1.82, 2.24) is 15.1 Å². The van der Waals surface area contributed by atoms with Crippen LogP contribution in [0.15, 0.2) is 12.1 Å². The molecule has 0 radical (unpaired) electrons. The number of hydrogen-bond acceptors (Lipinski definition) is 4. The second kappa shape index (κ2) is 9.39. The van der Waals surface area contributed by atoms with Gasteiger partial charge in [-0.25, -0.2) is 4.79 Å². The van der Waals surface area contributed by atoms with E-state index in [-0.39, 0.29) is 39.2 Å². The van der Waals surface area contributed by atoms with Crippen molar-refractivity contribution in [3.05, 3.63) is 28.8 Å². The zero-order valence-corrected chi connectivity index (χ0v) is 26.6. The molecule has 3 saturated carbocycles. The Morgan fingerprint density at radius 1 is 0.951 bits per heavy atom. The Kier molecular flexibility index (Phi) is 6.62. The molecule has 0 bridgehead atoms. The lowest BCUT2D eigenvalue weighted by Crippen LogP contribution is -2.65. The molecule has 1 unspecified atom stereocenters. The summed E-state index contributed by atoms with van der Waals surface area (Å²) in [5, 5.41) is 24.5. The molecule has 7 atom stereocenters. The van der Waals surface area contributed by atoms with E-state index in [1.54, 1.807) is 0 Å². The number of phenolic OH excluding ortho intramolecular Hbond substituents is 2. The zero-order valence-electron chi connectivity index (χ0n) is 26.6. The summed E-state index contributed by atoms with van der Waals surface area (Å²) in [6, 6.07) is 1.96. The highest BCUT2D eigenvalue weighted by Gasteiger charge is 2.67. The van der Waals surface area contributed by atoms with Crippen molar-refractivity contribution in [3.8, 4) is 11.5 Å². The zero-order chi connectivity index (χ0) is 29.6. The first kappa shape index (κ1) is 28.9. The standard InChI is InChI=1S/C35H53N3O3/c1-23-24-8-9-27-33(4,25(24)20-26(39)29(23)40)13-15-35(6)28-21-31(2,10-11-32(28,3)12-14-34(27,35)5)22-36-30(41)38-18-16-37(7)17-19-38/h8-9,20,27-28,39-40H,10-19,21-22H2,1-7H3,(H,36,41)/t27?,28-,31-,32-,33+,34-,35+/m1/s1. The molecule has 0 aromatic heterocycles. The average molecular weight is 564 g/mol. The van der Waals surface area contributed by atoms with Crippen LogP contribution in [-0.4, -0.2) is 65.8 Å². The van der Waals surface area contributed by atoms with Crippen molar-refractivity contribution < 1.29 is 15.0 Å². The topological polar surface area (TPSA) is 76.0 Å². The van der Waals surface area contributed by atoms with Crippen LogP contribution in [0.2, 0.25) is 0 Å². The Morgan fingerprint density at radius 3 is 2.32 bits per heavy atom. The van der Waals surface area contributed by atoms with E-state index in [1.165, 1.54) is 31.2 Å². The fourth-order valence-electron chi connectivity index (χ4n) is 10.5. The van der Waals surface area contributed by atoms with Crippen LogP contribution in [-0.2, 0) is 5.41 Å². The van der Waals surface area contributed by atoms with Gasteiger partial charge in [0, 0.05) is 43.7 Å². The van der Waals surface area contributed by atoms with Gasteiger partial charge < -0.3 is 25.3 Å². The first-order chi connectivity index (χ1) is 19.2. The van der Waals surface area contributed by atoms with Crippen molar-refractivity contribution in [1.29, 1.82) is 0 Å². The molecule has 4 fully saturated rings. The Bertz CT molecular complexity index is 1270. The number of amides is 2. The smallest absolute Gasteiger partial charge is 0.317 e. The summed E-state index contributed by atoms with van der Waals surface area (Å²) >= 11 is 0. The van der Waals surface area contributed by atoms with Crippen LogP contribution in [0.25, 0.3) is 6.08 Å². The van der Waals surface area contributed by atoms with Gasteiger partial charge in [0.15, 0.2) is 11.5 Å². The molecular formula is C35H53N3O3. The van der Waals surface area contributed by atoms with Crippen molar-refractivity contribution >= 4 is 12.1 Å². The number of fused-ring (bicyclic) bond motifs is 7. The molecule has 6 nitrogen and oxygen atoms in total. The number of carbonyl (C=O) groups excluding carboxylic acids is 1. The van der Waals surface area contributed by atoms with Gasteiger partial charge in [0.2, 0.25) is 0 Å². The van der Waals surface area contributed by atoms with Gasteiger partial charge in [-0.05, 0) is 110 Å². The summed E-state index contributed by atoms with van der Waals surface area (Å²) in [7, 11) is 2.12. The molecule has 1 heterocycles. The monoisotopic (exact) mass is 563 g/mol. The van der Waals surface area contributed by atoms with Crippen LogP contribution < -0.4 is 5.32 Å². The highest BCUT2D eigenvalue weighted by atomic mass is 16.3. The molecule has 6 rings (SSSR count). The molecule has 0 spiro atoms. The number of carbonyl (C=O) groups is 1. The predicted molar refractivity (Wildman–Crippen MR) is 165 cm³/mol. The minimum absolute atomic E-state index is 0.00732. The number of nitrogens with zero attached hydrogens (tertiary/aromatic N) is 2. The van der Waals surface area contributed by atoms with Crippen LogP contribution in [0.5, 0.6) is 11.5 Å². The predicted octanol–water partition coefficient (Wildman–Crippen LogP) is 6.68. The van der Waals surface area contributed by atoms with Crippen LogP contribution in [0.3, 0.4) is 0 Å². The summed E-state index contributed by atoms with van der Waals surface area (Å²) < 4.78 is 0. The summed E-state index contributed by atoms with van der Waals surface area (Å²) in [5.41, 5.74) is 3.75. The number of benzene rings is 1. The number of nitrogens with one attached hydrogen (secondary N) is 1. The van der Waals surface area contributed by atoms with Crippen LogP contribution >= 0.6 is 0 Å². The lowest BCUT2D eigenvalue weighted by molar-refractivity contribution is -0.198. The average Bonchev–Trinajstić information content (AvgIpc) is 2.94. The van der Waals surface area contributed by atoms with E-state index < -0.39 is 0 Å². The lowest BCUT2D eigenvalue weighted by atomic mass is 9.33. The summed E-state index contributed by atoms with van der Waals surface area (Å²) in [6.07, 6.45) is 13.0. The highest BCUT2D eigenvalue weighted by molar-refractivity contribution is 5.74. The highest BCUT2D eigenvalue weighted by Crippen LogP contribution is 2.75. The number of piperazine rings is 1. The Balaban J connectivity index is 1.27. The van der Waals surface area contributed by atoms with Gasteiger partial charge in [-0.2, -0.15) is 0 Å². The minimum atomic E-state index is -0.0729. The molecule has 3 N–H and O–H groups in total. The number of rotatable bonds is 2. The van der Waals surface area contributed by atoms with Gasteiger partial charge in [-0.1, -0.05) is 46.8 Å². The molecule has 4 aliphatic carbocycles. The number of likely N-dealkylation sites (N-methyl/N-ethyl adjacent to an activating group) is 1. The Labute approximate surface area is 247 Å². The number of urea groups is 1. The van der Waals surface area contributed by atoms with Crippen molar-refractivity contribution in [2.24, 2.45) is 33.5 Å². The molecule has 2 amide bonds. The van der Waals surface area contributed by atoms with Crippen LogP contribution in [0.1, 0.15) is 96.3 Å². The SMILES string of the molecule is Cc1c(O)c(O)cc2c1C=CC1[C@@]2(C)CC[C@@]2(C)[C@@H]3C[C@](C)(CNC(=O)N4CCN(C)CC4)CC[C@]3(C)CC[C@]12C. The van der Waals surface area contributed by atoms with E-state index in [9.17, 15) is 15.0 Å². The summed E-state index contributed by atoms with van der Waals surface area (Å²) in [5.74, 6) is 0.992. The van der Waals surface area contributed by atoms with E-state index in [4.69, 9.17) is 0 Å². The number of hydrogen-bond donors (Lipinski definition) is 3. The maximum absolute atomic E-state index is 13.1. The Morgan fingerprint density at radius 2 is 1.61 bits per heavy atom. The van der Waals surface area contributed by atoms with Crippen molar-refractivity contribution in [2.75, 3.05) is 39.8 Å². The van der Waals surface area contributed by atoms with E-state index in [1.807, 2.05) is 17.9 Å². The molecule has 1 aliphatic heterocycles. The van der Waals surface area contributed by atoms with E-state index in [0.717, 1.165) is 63.1 Å². The van der Waals surface area contributed by atoms with Crippen molar-refractivity contribution in [2.45, 2.75) is 91.9 Å². The second-order valence-corrected chi connectivity index (χ2v) is 16.1. The summed E-state index contributed by atoms with van der Waals surface area (Å²) in [6.45, 7) is 18.8. The lowest BCUT2D eigenvalue weighted by Gasteiger charge is -2.71. The molecule has 1 aromatic carbocycles. The molecule has 1 aromatic rings. The maximum atomic E-state index is 13.1. The van der Waals surface area contributed by atoms with Gasteiger partial charge in [-0.15, -0.1) is 0 Å². The number of aromatic hydroxyl groups is 2. The second-order valence-electron chi connectivity index (χ2n) is 16.1. The van der Waals surface area contributed by atoms with E-state index in [2.05, 4.69) is 64.0 Å². The largest absolute Gasteiger partial charge is 0.504 e. The molecular weight excluding hydrogens is 510 g/mol. The molecule has 226 valence electrons. The van der Waals surface area contributed by atoms with E-state index in [0.29, 0.717) is 17.3 Å². The molecule has 6 heteroatoms. The van der Waals surface area contributed by atoms with Gasteiger partial charge in [0.1, 0.15) is 0 Å². The third-order valence-electron chi connectivity index (χ3n) is 13.8. The normalized spacial score (nSPS) is 42.1. The number of allylic oxidation sites excluding steroid dienone is 1. The van der Waals surface area contributed by atoms with Crippen LogP contribution in [0, 0.1) is 40.4 Å². The van der Waals surface area contributed by atoms with Gasteiger partial charge in [0.25, 0.3) is 0 Å². The van der Waals surface area contributed by atoms with E-state index >= 15 is 0 Å². The van der Waals surface area contributed by atoms with Crippen molar-refractivity contribution in [3.63, 3.8) is 0 Å². The fourth-order valence-corrected chi connectivity index (χ4v) is 10.5.